The molecule has 1 aliphatic heterocycles. The molecule has 1 unspecified atom stereocenters. The van der Waals surface area contributed by atoms with Crippen molar-refractivity contribution in [1.82, 2.24) is 4.90 Å². The van der Waals surface area contributed by atoms with Crippen LogP contribution in [0.2, 0.25) is 5.02 Å². The summed E-state index contributed by atoms with van der Waals surface area (Å²) < 4.78 is 18.8. The maximum absolute atomic E-state index is 13.6. The third-order valence-electron chi connectivity index (χ3n) is 5.95. The molecule has 0 saturated carbocycles. The molecule has 0 spiro atoms. The van der Waals surface area contributed by atoms with E-state index in [-0.39, 0.29) is 29.9 Å². The molecule has 0 bridgehead atoms. The Morgan fingerprint density at radius 2 is 1.67 bits per heavy atom. The molecule has 0 aromatic heterocycles. The van der Waals surface area contributed by atoms with Crippen LogP contribution in [0.15, 0.2) is 72.8 Å². The van der Waals surface area contributed by atoms with Crippen molar-refractivity contribution in [1.29, 1.82) is 0 Å². The van der Waals surface area contributed by atoms with Crippen LogP contribution >= 0.6 is 24.0 Å². The Kier molecular flexibility index (Phi) is 8.73. The molecule has 1 heterocycles. The highest BCUT2D eigenvalue weighted by Crippen LogP contribution is 2.26. The molecule has 7 heteroatoms. The van der Waals surface area contributed by atoms with E-state index in [1.807, 2.05) is 54.6 Å². The maximum Gasteiger partial charge on any atom is 0.171 e. The lowest BCUT2D eigenvalue weighted by Crippen LogP contribution is -2.48. The number of piperazine rings is 1. The number of hydrogen-bond acceptors (Lipinski definition) is 4. The molecule has 1 fully saturated rings. The summed E-state index contributed by atoms with van der Waals surface area (Å²) in [6.45, 7) is 3.79. The summed E-state index contributed by atoms with van der Waals surface area (Å²) in [4.78, 5) is 18.0. The number of rotatable bonds is 7. The average Bonchev–Trinajstić information content (AvgIpc) is 2.83. The first-order valence-electron chi connectivity index (χ1n) is 10.7. The summed E-state index contributed by atoms with van der Waals surface area (Å²) in [5.41, 5.74) is 2.50. The van der Waals surface area contributed by atoms with Crippen molar-refractivity contribution in [2.45, 2.75) is 5.92 Å². The molecule has 0 aliphatic carbocycles. The molecular formula is C26H27Cl2FN2O2. The Hall–Kier alpha value is -2.60. The largest absolute Gasteiger partial charge is 0.497 e. The summed E-state index contributed by atoms with van der Waals surface area (Å²) in [5, 5.41) is 0.646. The van der Waals surface area contributed by atoms with E-state index in [0.717, 1.165) is 43.2 Å². The van der Waals surface area contributed by atoms with Crippen molar-refractivity contribution >= 4 is 35.5 Å². The third-order valence-corrected chi connectivity index (χ3v) is 6.20. The first-order chi connectivity index (χ1) is 15.5. The van der Waals surface area contributed by atoms with Gasteiger partial charge in [0.2, 0.25) is 0 Å². The van der Waals surface area contributed by atoms with Gasteiger partial charge in [-0.05, 0) is 60.2 Å². The number of nitrogens with zero attached hydrogens (tertiary/aromatic N) is 2. The molecule has 1 atom stereocenters. The van der Waals surface area contributed by atoms with Gasteiger partial charge in [-0.1, -0.05) is 29.8 Å². The second kappa shape index (κ2) is 11.5. The van der Waals surface area contributed by atoms with Gasteiger partial charge in [-0.2, -0.15) is 0 Å². The maximum atomic E-state index is 13.6. The van der Waals surface area contributed by atoms with Crippen LogP contribution < -0.4 is 9.64 Å². The minimum Gasteiger partial charge on any atom is -0.497 e. The molecule has 4 rings (SSSR count). The quantitative estimate of drug-likeness (QED) is 0.399. The predicted octanol–water partition coefficient (Wildman–Crippen LogP) is 5.70. The summed E-state index contributed by atoms with van der Waals surface area (Å²) in [6, 6.07) is 21.4. The van der Waals surface area contributed by atoms with E-state index >= 15 is 0 Å². The summed E-state index contributed by atoms with van der Waals surface area (Å²) >= 11 is 6.08. The van der Waals surface area contributed by atoms with Gasteiger partial charge in [0.05, 0.1) is 13.0 Å². The lowest BCUT2D eigenvalue weighted by Gasteiger charge is -2.37. The van der Waals surface area contributed by atoms with Crippen LogP contribution in [0.4, 0.5) is 10.1 Å². The number of ketones is 1. The van der Waals surface area contributed by atoms with E-state index in [1.165, 1.54) is 6.07 Å². The van der Waals surface area contributed by atoms with Crippen LogP contribution in [0.3, 0.4) is 0 Å². The van der Waals surface area contributed by atoms with E-state index in [0.29, 0.717) is 17.1 Å². The van der Waals surface area contributed by atoms with Crippen molar-refractivity contribution in [3.63, 3.8) is 0 Å². The van der Waals surface area contributed by atoms with Crippen LogP contribution in [-0.4, -0.2) is 50.5 Å². The number of halogens is 3. The second-order valence-corrected chi connectivity index (χ2v) is 8.40. The molecule has 3 aromatic rings. The van der Waals surface area contributed by atoms with Crippen LogP contribution in [0.5, 0.6) is 5.75 Å². The van der Waals surface area contributed by atoms with E-state index in [1.54, 1.807) is 19.2 Å². The number of benzene rings is 3. The Balaban J connectivity index is 0.00000306. The van der Waals surface area contributed by atoms with E-state index in [4.69, 9.17) is 16.3 Å². The lowest BCUT2D eigenvalue weighted by molar-refractivity contribution is 0.0931. The smallest absolute Gasteiger partial charge is 0.171 e. The van der Waals surface area contributed by atoms with Crippen molar-refractivity contribution in [2.24, 2.45) is 0 Å². The van der Waals surface area contributed by atoms with Gasteiger partial charge >= 0.3 is 0 Å². The minimum atomic E-state index is -0.304. The highest BCUT2D eigenvalue weighted by Gasteiger charge is 2.27. The number of carbonyl (C=O) groups is 1. The van der Waals surface area contributed by atoms with Gasteiger partial charge in [-0.3, -0.25) is 9.69 Å². The number of anilines is 1. The van der Waals surface area contributed by atoms with Crippen molar-refractivity contribution in [3.8, 4) is 5.75 Å². The van der Waals surface area contributed by atoms with Gasteiger partial charge in [0.15, 0.2) is 5.78 Å². The molecule has 0 amide bonds. The van der Waals surface area contributed by atoms with Gasteiger partial charge < -0.3 is 9.64 Å². The van der Waals surface area contributed by atoms with Crippen LogP contribution in [0, 0.1) is 5.82 Å². The topological polar surface area (TPSA) is 32.8 Å². The number of carbonyl (C=O) groups excluding carboxylic acids is 1. The lowest BCUT2D eigenvalue weighted by atomic mass is 9.90. The van der Waals surface area contributed by atoms with E-state index < -0.39 is 0 Å². The molecular weight excluding hydrogens is 462 g/mol. The predicted molar refractivity (Wildman–Crippen MR) is 134 cm³/mol. The van der Waals surface area contributed by atoms with E-state index in [2.05, 4.69) is 9.80 Å². The zero-order valence-corrected chi connectivity index (χ0v) is 20.0. The fourth-order valence-corrected chi connectivity index (χ4v) is 4.24. The van der Waals surface area contributed by atoms with Gasteiger partial charge in [0, 0.05) is 49.0 Å². The van der Waals surface area contributed by atoms with Crippen molar-refractivity contribution in [3.05, 3.63) is 94.8 Å². The number of methoxy groups -OCH3 is 1. The van der Waals surface area contributed by atoms with Crippen LogP contribution in [-0.2, 0) is 0 Å². The molecule has 0 N–H and O–H groups in total. The van der Waals surface area contributed by atoms with Crippen LogP contribution in [0.1, 0.15) is 21.8 Å². The highest BCUT2D eigenvalue weighted by molar-refractivity contribution is 6.30. The van der Waals surface area contributed by atoms with Crippen molar-refractivity contribution < 1.29 is 13.9 Å². The number of ether oxygens (including phenoxy) is 1. The first kappa shape index (κ1) is 25.0. The average molecular weight is 489 g/mol. The normalized spacial score (nSPS) is 14.9. The second-order valence-electron chi connectivity index (χ2n) is 7.96. The standard InChI is InChI=1S/C26H26ClFN2O2.ClH/c1-32-24-11-7-20(8-12-24)26(31)25(19-5-9-21(27)10-6-19)18-29-13-15-30(16-14-29)23-4-2-3-22(28)17-23;/h2-12,17,25H,13-16,18H2,1H3;1H. The van der Waals surface area contributed by atoms with Crippen LogP contribution in [0.25, 0.3) is 0 Å². The van der Waals surface area contributed by atoms with Gasteiger partial charge in [-0.25, -0.2) is 4.39 Å². The van der Waals surface area contributed by atoms with Crippen molar-refractivity contribution in [2.75, 3.05) is 44.7 Å². The summed E-state index contributed by atoms with van der Waals surface area (Å²) in [6.07, 6.45) is 0. The molecule has 4 nitrogen and oxygen atoms in total. The fraction of sp³-hybridized carbons (Fsp3) is 0.269. The molecule has 33 heavy (non-hydrogen) atoms. The first-order valence-corrected chi connectivity index (χ1v) is 11.1. The highest BCUT2D eigenvalue weighted by atomic mass is 35.5. The molecule has 1 saturated heterocycles. The molecule has 0 radical (unpaired) electrons. The fourth-order valence-electron chi connectivity index (χ4n) is 4.11. The van der Waals surface area contributed by atoms with E-state index in [9.17, 15) is 9.18 Å². The van der Waals surface area contributed by atoms with Gasteiger partial charge in [-0.15, -0.1) is 12.4 Å². The Morgan fingerprint density at radius 1 is 1.00 bits per heavy atom. The molecule has 174 valence electrons. The number of hydrogen-bond donors (Lipinski definition) is 0. The minimum absolute atomic E-state index is 0. The third kappa shape index (κ3) is 6.26. The Morgan fingerprint density at radius 3 is 2.27 bits per heavy atom. The SMILES string of the molecule is COc1ccc(C(=O)C(CN2CCN(c3cccc(F)c3)CC2)c2ccc(Cl)cc2)cc1.Cl. The number of Topliss-reactive ketones (excluding diaryl/α,β-unsaturated/α-hetero) is 1. The Bertz CT molecular complexity index is 1050. The summed E-state index contributed by atoms with van der Waals surface area (Å²) in [7, 11) is 1.61. The zero-order valence-electron chi connectivity index (χ0n) is 18.4. The molecule has 1 aliphatic rings. The summed E-state index contributed by atoms with van der Waals surface area (Å²) in [5.74, 6) is 0.264. The monoisotopic (exact) mass is 488 g/mol. The Labute approximate surface area is 205 Å². The van der Waals surface area contributed by atoms with Gasteiger partial charge in [0.25, 0.3) is 0 Å². The molecule has 3 aromatic carbocycles. The van der Waals surface area contributed by atoms with Gasteiger partial charge in [0.1, 0.15) is 11.6 Å². The zero-order chi connectivity index (χ0) is 22.5.